The van der Waals surface area contributed by atoms with Crippen LogP contribution < -0.4 is 10.6 Å². The predicted octanol–water partition coefficient (Wildman–Crippen LogP) is 1.57. The molecule has 1 unspecified atom stereocenters. The van der Waals surface area contributed by atoms with Crippen LogP contribution in [0, 0.1) is 0 Å². The number of anilines is 2. The van der Waals surface area contributed by atoms with Crippen molar-refractivity contribution in [2.24, 2.45) is 0 Å². The third kappa shape index (κ3) is 3.51. The summed E-state index contributed by atoms with van der Waals surface area (Å²) in [7, 11) is 0. The van der Waals surface area contributed by atoms with Crippen molar-refractivity contribution >= 4 is 23.3 Å². The van der Waals surface area contributed by atoms with Gasteiger partial charge in [0.15, 0.2) is 0 Å². The van der Waals surface area contributed by atoms with Crippen molar-refractivity contribution in [2.75, 3.05) is 18.4 Å². The topological polar surface area (TPSA) is 87.2 Å². The molecule has 0 spiro atoms. The van der Waals surface area contributed by atoms with Crippen molar-refractivity contribution in [3.05, 3.63) is 48.4 Å². The van der Waals surface area contributed by atoms with Crippen molar-refractivity contribution < 1.29 is 9.59 Å². The summed E-state index contributed by atoms with van der Waals surface area (Å²) in [6.45, 7) is 2.90. The molecule has 1 aliphatic heterocycles. The number of rotatable bonds is 3. The maximum Gasteiger partial charge on any atom is 0.254 e. The lowest BCUT2D eigenvalue weighted by molar-refractivity contribution is -0.124. The van der Waals surface area contributed by atoms with E-state index in [0.29, 0.717) is 24.5 Å². The molecule has 124 valence electrons. The van der Waals surface area contributed by atoms with Crippen molar-refractivity contribution in [1.82, 2.24) is 20.2 Å². The van der Waals surface area contributed by atoms with E-state index in [2.05, 4.69) is 20.6 Å². The molecule has 1 aromatic heterocycles. The number of carbonyl (C=O) groups is 2. The highest BCUT2D eigenvalue weighted by Crippen LogP contribution is 2.18. The van der Waals surface area contributed by atoms with Crippen LogP contribution in [-0.2, 0) is 4.79 Å². The first-order chi connectivity index (χ1) is 11.6. The van der Waals surface area contributed by atoms with Crippen LogP contribution in [0.3, 0.4) is 0 Å². The van der Waals surface area contributed by atoms with Crippen molar-refractivity contribution in [3.8, 4) is 0 Å². The van der Waals surface area contributed by atoms with E-state index in [1.807, 2.05) is 6.07 Å². The summed E-state index contributed by atoms with van der Waals surface area (Å²) in [5, 5.41) is 5.93. The standard InChI is InChI=1S/C17H19N5O2/c1-12-16(23)20-6-3-9-22(12)17(24)13-4-2-5-14(10-13)21-15-11-18-7-8-19-15/h2,4-5,7-8,10-12H,3,6,9H2,1H3,(H,19,21)(H,20,23). The molecule has 0 bridgehead atoms. The molecule has 7 heteroatoms. The number of benzene rings is 1. The van der Waals surface area contributed by atoms with Gasteiger partial charge in [-0.1, -0.05) is 6.07 Å². The van der Waals surface area contributed by atoms with Gasteiger partial charge in [-0.2, -0.15) is 0 Å². The van der Waals surface area contributed by atoms with Gasteiger partial charge in [0, 0.05) is 36.7 Å². The summed E-state index contributed by atoms with van der Waals surface area (Å²) < 4.78 is 0. The average Bonchev–Trinajstić information content (AvgIpc) is 2.77. The first-order valence-electron chi connectivity index (χ1n) is 7.87. The number of hydrogen-bond acceptors (Lipinski definition) is 5. The summed E-state index contributed by atoms with van der Waals surface area (Å²) in [6.07, 6.45) is 5.54. The molecule has 24 heavy (non-hydrogen) atoms. The van der Waals surface area contributed by atoms with Crippen LogP contribution in [0.1, 0.15) is 23.7 Å². The molecule has 1 saturated heterocycles. The molecular formula is C17H19N5O2. The lowest BCUT2D eigenvalue weighted by Crippen LogP contribution is -2.45. The molecule has 0 radical (unpaired) electrons. The molecule has 0 saturated carbocycles. The second-order valence-electron chi connectivity index (χ2n) is 5.62. The van der Waals surface area contributed by atoms with Crippen molar-refractivity contribution in [3.63, 3.8) is 0 Å². The second kappa shape index (κ2) is 7.08. The largest absolute Gasteiger partial charge is 0.354 e. The molecular weight excluding hydrogens is 306 g/mol. The lowest BCUT2D eigenvalue weighted by atomic mass is 10.1. The summed E-state index contributed by atoms with van der Waals surface area (Å²) in [5.74, 6) is 0.335. The van der Waals surface area contributed by atoms with Crippen LogP contribution in [0.25, 0.3) is 0 Å². The van der Waals surface area contributed by atoms with Gasteiger partial charge in [-0.3, -0.25) is 14.6 Å². The highest BCUT2D eigenvalue weighted by molar-refractivity contribution is 5.98. The summed E-state index contributed by atoms with van der Waals surface area (Å²) in [5.41, 5.74) is 1.28. The quantitative estimate of drug-likeness (QED) is 0.894. The highest BCUT2D eigenvalue weighted by atomic mass is 16.2. The molecule has 0 aliphatic carbocycles. The van der Waals surface area contributed by atoms with E-state index in [9.17, 15) is 9.59 Å². The molecule has 1 aromatic carbocycles. The first kappa shape index (κ1) is 15.9. The molecule has 3 rings (SSSR count). The molecule has 1 atom stereocenters. The Labute approximate surface area is 140 Å². The van der Waals surface area contributed by atoms with Crippen LogP contribution in [0.2, 0.25) is 0 Å². The third-order valence-electron chi connectivity index (χ3n) is 3.93. The van der Waals surface area contributed by atoms with Gasteiger partial charge >= 0.3 is 0 Å². The molecule has 2 N–H and O–H groups in total. The number of carbonyl (C=O) groups excluding carboxylic acids is 2. The minimum Gasteiger partial charge on any atom is -0.354 e. The fourth-order valence-corrected chi connectivity index (χ4v) is 2.63. The Morgan fingerprint density at radius 2 is 2.25 bits per heavy atom. The smallest absolute Gasteiger partial charge is 0.254 e. The Kier molecular flexibility index (Phi) is 4.69. The van der Waals surface area contributed by atoms with Gasteiger partial charge in [-0.15, -0.1) is 0 Å². The minimum atomic E-state index is -0.475. The Bertz CT molecular complexity index is 735. The van der Waals surface area contributed by atoms with E-state index in [1.54, 1.807) is 48.6 Å². The fraction of sp³-hybridized carbons (Fsp3) is 0.294. The van der Waals surface area contributed by atoms with Gasteiger partial charge in [-0.05, 0) is 31.5 Å². The summed E-state index contributed by atoms with van der Waals surface area (Å²) in [4.78, 5) is 34.5. The monoisotopic (exact) mass is 325 g/mol. The SMILES string of the molecule is CC1C(=O)NCCCN1C(=O)c1cccc(Nc2cnccn2)c1. The molecule has 2 amide bonds. The molecule has 1 fully saturated rings. The van der Waals surface area contributed by atoms with Crippen LogP contribution in [0.15, 0.2) is 42.9 Å². The van der Waals surface area contributed by atoms with Crippen LogP contribution >= 0.6 is 0 Å². The van der Waals surface area contributed by atoms with Crippen molar-refractivity contribution in [2.45, 2.75) is 19.4 Å². The summed E-state index contributed by atoms with van der Waals surface area (Å²) in [6, 6.07) is 6.68. The Morgan fingerprint density at radius 1 is 1.38 bits per heavy atom. The van der Waals surface area contributed by atoms with E-state index in [-0.39, 0.29) is 11.8 Å². The predicted molar refractivity (Wildman–Crippen MR) is 89.9 cm³/mol. The zero-order valence-electron chi connectivity index (χ0n) is 13.4. The Hall–Kier alpha value is -2.96. The number of aromatic nitrogens is 2. The fourth-order valence-electron chi connectivity index (χ4n) is 2.63. The second-order valence-corrected chi connectivity index (χ2v) is 5.62. The van der Waals surface area contributed by atoms with Gasteiger partial charge in [0.25, 0.3) is 5.91 Å². The maximum atomic E-state index is 12.8. The molecule has 7 nitrogen and oxygen atoms in total. The summed E-state index contributed by atoms with van der Waals surface area (Å²) >= 11 is 0. The first-order valence-corrected chi connectivity index (χ1v) is 7.87. The van der Waals surface area contributed by atoms with Crippen LogP contribution in [0.4, 0.5) is 11.5 Å². The normalized spacial score (nSPS) is 17.8. The van der Waals surface area contributed by atoms with E-state index in [0.717, 1.165) is 12.1 Å². The number of amides is 2. The Morgan fingerprint density at radius 3 is 3.04 bits per heavy atom. The van der Waals surface area contributed by atoms with E-state index >= 15 is 0 Å². The minimum absolute atomic E-state index is 0.116. The van der Waals surface area contributed by atoms with Gasteiger partial charge in [0.1, 0.15) is 11.9 Å². The molecule has 2 aromatic rings. The third-order valence-corrected chi connectivity index (χ3v) is 3.93. The average molecular weight is 325 g/mol. The zero-order valence-corrected chi connectivity index (χ0v) is 13.4. The lowest BCUT2D eigenvalue weighted by Gasteiger charge is -2.25. The number of hydrogen-bond donors (Lipinski definition) is 2. The number of nitrogens with zero attached hydrogens (tertiary/aromatic N) is 3. The highest BCUT2D eigenvalue weighted by Gasteiger charge is 2.28. The molecule has 2 heterocycles. The van der Waals surface area contributed by atoms with E-state index < -0.39 is 6.04 Å². The van der Waals surface area contributed by atoms with Crippen LogP contribution in [0.5, 0.6) is 0 Å². The van der Waals surface area contributed by atoms with Gasteiger partial charge in [0.05, 0.1) is 6.20 Å². The van der Waals surface area contributed by atoms with E-state index in [1.165, 1.54) is 0 Å². The maximum absolute atomic E-state index is 12.8. The van der Waals surface area contributed by atoms with Crippen LogP contribution in [-0.4, -0.2) is 45.8 Å². The van der Waals surface area contributed by atoms with E-state index in [4.69, 9.17) is 0 Å². The zero-order chi connectivity index (χ0) is 16.9. The number of nitrogens with one attached hydrogen (secondary N) is 2. The van der Waals surface area contributed by atoms with Crippen molar-refractivity contribution in [1.29, 1.82) is 0 Å². The van der Waals surface area contributed by atoms with Gasteiger partial charge < -0.3 is 15.5 Å². The molecule has 1 aliphatic rings. The Balaban J connectivity index is 1.80. The van der Waals surface area contributed by atoms with Gasteiger partial charge in [0.2, 0.25) is 5.91 Å². The van der Waals surface area contributed by atoms with Gasteiger partial charge in [-0.25, -0.2) is 4.98 Å².